The highest BCUT2D eigenvalue weighted by atomic mass is 16.7. The Morgan fingerprint density at radius 1 is 1.19 bits per heavy atom. The molecule has 16 heavy (non-hydrogen) atoms. The monoisotopic (exact) mass is 218 g/mol. The first-order valence-electron chi connectivity index (χ1n) is 5.10. The Morgan fingerprint density at radius 2 is 1.94 bits per heavy atom. The van der Waals surface area contributed by atoms with Gasteiger partial charge in [0.15, 0.2) is 5.76 Å². The van der Waals surface area contributed by atoms with Gasteiger partial charge in [0, 0.05) is 5.39 Å². The van der Waals surface area contributed by atoms with Crippen LogP contribution < -0.4 is 0 Å². The number of hydrogen-bond donors (Lipinski definition) is 0. The van der Waals surface area contributed by atoms with E-state index in [0.29, 0.717) is 18.8 Å². The van der Waals surface area contributed by atoms with Crippen molar-refractivity contribution in [1.82, 2.24) is 0 Å². The molecule has 2 aromatic rings. The molecule has 4 nitrogen and oxygen atoms in total. The first-order chi connectivity index (χ1) is 7.84. The van der Waals surface area contributed by atoms with Crippen molar-refractivity contribution in [3.05, 3.63) is 36.1 Å². The highest BCUT2D eigenvalue weighted by Gasteiger charge is 2.28. The molecule has 1 aromatic heterocycles. The third-order valence-corrected chi connectivity index (χ3v) is 2.50. The summed E-state index contributed by atoms with van der Waals surface area (Å²) >= 11 is 0. The number of carbonyl (C=O) groups excluding carboxylic acids is 1. The summed E-state index contributed by atoms with van der Waals surface area (Å²) < 4.78 is 15.7. The van der Waals surface area contributed by atoms with E-state index in [-0.39, 0.29) is 11.5 Å². The van der Waals surface area contributed by atoms with E-state index in [1.807, 2.05) is 24.3 Å². The number of ketones is 1. The van der Waals surface area contributed by atoms with Gasteiger partial charge in [-0.3, -0.25) is 4.79 Å². The maximum Gasteiger partial charge on any atom is 0.253 e. The molecular weight excluding hydrogens is 208 g/mol. The zero-order chi connectivity index (χ0) is 11.0. The molecule has 82 valence electrons. The molecule has 1 aromatic carbocycles. The lowest BCUT2D eigenvalue weighted by molar-refractivity contribution is -0.0229. The molecule has 1 fully saturated rings. The molecule has 1 aliphatic heterocycles. The SMILES string of the molecule is O=C(c1cc2ccccc2o1)C1OCCO1. The molecule has 0 saturated carbocycles. The minimum atomic E-state index is -0.805. The average Bonchev–Trinajstić information content (AvgIpc) is 2.97. The van der Waals surface area contributed by atoms with Crippen molar-refractivity contribution in [3.63, 3.8) is 0 Å². The van der Waals surface area contributed by atoms with E-state index >= 15 is 0 Å². The quantitative estimate of drug-likeness (QED) is 0.723. The van der Waals surface area contributed by atoms with Gasteiger partial charge in [0.25, 0.3) is 5.78 Å². The van der Waals surface area contributed by atoms with Crippen LogP contribution in [-0.2, 0) is 9.47 Å². The van der Waals surface area contributed by atoms with Gasteiger partial charge in [-0.15, -0.1) is 0 Å². The van der Waals surface area contributed by atoms with Gasteiger partial charge in [0.05, 0.1) is 13.2 Å². The van der Waals surface area contributed by atoms with Crippen LogP contribution in [0.25, 0.3) is 11.0 Å². The minimum absolute atomic E-state index is 0.256. The van der Waals surface area contributed by atoms with Gasteiger partial charge in [-0.2, -0.15) is 0 Å². The standard InChI is InChI=1S/C12H10O4/c13-11(12-14-5-6-15-12)10-7-8-3-1-2-4-9(8)16-10/h1-4,7,12H,5-6H2. The second kappa shape index (κ2) is 3.73. The summed E-state index contributed by atoms with van der Waals surface area (Å²) in [7, 11) is 0. The zero-order valence-corrected chi connectivity index (χ0v) is 8.51. The van der Waals surface area contributed by atoms with Gasteiger partial charge in [0.2, 0.25) is 6.29 Å². The first kappa shape index (κ1) is 9.57. The lowest BCUT2D eigenvalue weighted by atomic mass is 10.2. The Bertz CT molecular complexity index is 490. The van der Waals surface area contributed by atoms with Crippen molar-refractivity contribution < 1.29 is 18.7 Å². The summed E-state index contributed by atoms with van der Waals surface area (Å²) in [6.07, 6.45) is -0.805. The lowest BCUT2D eigenvalue weighted by Gasteiger charge is -2.03. The fraction of sp³-hybridized carbons (Fsp3) is 0.250. The number of furan rings is 1. The van der Waals surface area contributed by atoms with Crippen LogP contribution in [0.1, 0.15) is 10.6 Å². The van der Waals surface area contributed by atoms with E-state index in [0.717, 1.165) is 5.39 Å². The smallest absolute Gasteiger partial charge is 0.253 e. The van der Waals surface area contributed by atoms with Crippen molar-refractivity contribution in [2.75, 3.05) is 13.2 Å². The van der Waals surface area contributed by atoms with Gasteiger partial charge in [0.1, 0.15) is 5.58 Å². The molecule has 2 heterocycles. The van der Waals surface area contributed by atoms with Crippen LogP contribution in [0.15, 0.2) is 34.7 Å². The summed E-state index contributed by atoms with van der Waals surface area (Å²) in [5, 5.41) is 0.906. The van der Waals surface area contributed by atoms with E-state index in [2.05, 4.69) is 0 Å². The van der Waals surface area contributed by atoms with Crippen molar-refractivity contribution >= 4 is 16.8 Å². The normalized spacial score (nSPS) is 17.0. The highest BCUT2D eigenvalue weighted by molar-refractivity contribution is 5.99. The number of rotatable bonds is 2. The van der Waals surface area contributed by atoms with Gasteiger partial charge in [-0.25, -0.2) is 0 Å². The number of Topliss-reactive ketones (excluding diaryl/α,β-unsaturated/α-hetero) is 1. The number of para-hydroxylation sites is 1. The molecule has 3 rings (SSSR count). The van der Waals surface area contributed by atoms with Gasteiger partial charge >= 0.3 is 0 Å². The molecule has 1 aliphatic rings. The molecule has 0 radical (unpaired) electrons. The van der Waals surface area contributed by atoms with Crippen molar-refractivity contribution in [1.29, 1.82) is 0 Å². The second-order valence-corrected chi connectivity index (χ2v) is 3.59. The molecule has 1 saturated heterocycles. The van der Waals surface area contributed by atoms with E-state index in [1.54, 1.807) is 6.07 Å². The van der Waals surface area contributed by atoms with Gasteiger partial charge in [-0.05, 0) is 12.1 Å². The predicted molar refractivity (Wildman–Crippen MR) is 56.2 cm³/mol. The number of ether oxygens (including phenoxy) is 2. The molecule has 0 atom stereocenters. The Kier molecular flexibility index (Phi) is 2.23. The summed E-state index contributed by atoms with van der Waals surface area (Å²) in [6, 6.07) is 9.19. The predicted octanol–water partition coefficient (Wildman–Crippen LogP) is 1.99. The van der Waals surface area contributed by atoms with Gasteiger partial charge < -0.3 is 13.9 Å². The number of fused-ring (bicyclic) bond motifs is 1. The maximum absolute atomic E-state index is 11.9. The second-order valence-electron chi connectivity index (χ2n) is 3.59. The van der Waals surface area contributed by atoms with Crippen LogP contribution in [-0.4, -0.2) is 25.3 Å². The maximum atomic E-state index is 11.9. The van der Waals surface area contributed by atoms with Crippen LogP contribution in [0.3, 0.4) is 0 Å². The third-order valence-electron chi connectivity index (χ3n) is 2.50. The Labute approximate surface area is 91.7 Å². The summed E-state index contributed by atoms with van der Waals surface area (Å²) in [6.45, 7) is 0.910. The fourth-order valence-corrected chi connectivity index (χ4v) is 1.73. The van der Waals surface area contributed by atoms with E-state index in [1.165, 1.54) is 0 Å². The topological polar surface area (TPSA) is 48.7 Å². The Hall–Kier alpha value is -1.65. The van der Waals surface area contributed by atoms with Crippen LogP contribution in [0.4, 0.5) is 0 Å². The minimum Gasteiger partial charge on any atom is -0.453 e. The number of benzene rings is 1. The highest BCUT2D eigenvalue weighted by Crippen LogP contribution is 2.21. The fourth-order valence-electron chi connectivity index (χ4n) is 1.73. The molecule has 0 unspecified atom stereocenters. The largest absolute Gasteiger partial charge is 0.453 e. The average molecular weight is 218 g/mol. The first-order valence-corrected chi connectivity index (χ1v) is 5.10. The molecule has 0 amide bonds. The Morgan fingerprint density at radius 3 is 2.69 bits per heavy atom. The number of carbonyl (C=O) groups is 1. The van der Waals surface area contributed by atoms with E-state index in [9.17, 15) is 4.79 Å². The summed E-state index contributed by atoms with van der Waals surface area (Å²) in [4.78, 5) is 11.9. The molecule has 0 N–H and O–H groups in total. The molecule has 0 spiro atoms. The summed E-state index contributed by atoms with van der Waals surface area (Å²) in [5.74, 6) is 0.0294. The van der Waals surface area contributed by atoms with Crippen molar-refractivity contribution in [3.8, 4) is 0 Å². The summed E-state index contributed by atoms with van der Waals surface area (Å²) in [5.41, 5.74) is 0.698. The molecule has 0 aliphatic carbocycles. The third kappa shape index (κ3) is 1.52. The van der Waals surface area contributed by atoms with Gasteiger partial charge in [-0.1, -0.05) is 18.2 Å². The zero-order valence-electron chi connectivity index (χ0n) is 8.51. The van der Waals surface area contributed by atoms with Crippen molar-refractivity contribution in [2.24, 2.45) is 0 Å². The van der Waals surface area contributed by atoms with Crippen molar-refractivity contribution in [2.45, 2.75) is 6.29 Å². The van der Waals surface area contributed by atoms with E-state index < -0.39 is 6.29 Å². The Balaban J connectivity index is 1.96. The van der Waals surface area contributed by atoms with Crippen LogP contribution in [0.2, 0.25) is 0 Å². The molecular formula is C12H10O4. The number of hydrogen-bond acceptors (Lipinski definition) is 4. The lowest BCUT2D eigenvalue weighted by Crippen LogP contribution is -2.20. The van der Waals surface area contributed by atoms with Crippen LogP contribution >= 0.6 is 0 Å². The molecule has 4 heteroatoms. The van der Waals surface area contributed by atoms with Crippen LogP contribution in [0, 0.1) is 0 Å². The van der Waals surface area contributed by atoms with E-state index in [4.69, 9.17) is 13.9 Å². The van der Waals surface area contributed by atoms with Crippen LogP contribution in [0.5, 0.6) is 0 Å². The molecule has 0 bridgehead atoms.